The number of aromatic nitrogens is 1. The van der Waals surface area contributed by atoms with Crippen molar-refractivity contribution in [3.8, 4) is 5.75 Å². The molecule has 4 rings (SSSR count). The molecular weight excluding hydrogens is 434 g/mol. The van der Waals surface area contributed by atoms with E-state index >= 15 is 0 Å². The van der Waals surface area contributed by atoms with Gasteiger partial charge in [-0.05, 0) is 24.6 Å². The zero-order valence-electron chi connectivity index (χ0n) is 18.1. The number of rotatable bonds is 5. The van der Waals surface area contributed by atoms with Gasteiger partial charge in [0.25, 0.3) is 5.56 Å². The molecule has 8 nitrogen and oxygen atoms in total. The molecule has 2 N–H and O–H groups in total. The number of hydrogen-bond donors (Lipinski definition) is 1. The van der Waals surface area contributed by atoms with Crippen molar-refractivity contribution < 1.29 is 19.0 Å². The molecule has 170 valence electrons. The molecule has 2 aliphatic rings. The first kappa shape index (κ1) is 22.4. The number of nitrogens with two attached hydrogens (primary N) is 1. The average Bonchev–Trinajstić information content (AvgIpc) is 2.79. The summed E-state index contributed by atoms with van der Waals surface area (Å²) in [6.45, 7) is 6.14. The van der Waals surface area contributed by atoms with E-state index in [4.69, 9.17) is 31.5 Å². The van der Waals surface area contributed by atoms with Gasteiger partial charge >= 0.3 is 5.97 Å². The van der Waals surface area contributed by atoms with E-state index in [0.717, 1.165) is 25.3 Å². The number of methoxy groups -OCH3 is 1. The van der Waals surface area contributed by atoms with Crippen LogP contribution in [0.3, 0.4) is 0 Å². The van der Waals surface area contributed by atoms with E-state index in [9.17, 15) is 9.59 Å². The predicted octanol–water partition coefficient (Wildman–Crippen LogP) is 2.01. The molecular formula is C23H26ClN3O5. The number of carbonyl (C=O) groups is 1. The second kappa shape index (κ2) is 9.36. The smallest absolute Gasteiger partial charge is 0.340 e. The Balaban J connectivity index is 1.80. The van der Waals surface area contributed by atoms with Gasteiger partial charge in [-0.3, -0.25) is 9.69 Å². The van der Waals surface area contributed by atoms with Crippen molar-refractivity contribution in [2.24, 2.45) is 5.73 Å². The van der Waals surface area contributed by atoms with Crippen molar-refractivity contribution in [1.82, 2.24) is 9.47 Å². The van der Waals surface area contributed by atoms with Crippen LogP contribution in [0.5, 0.6) is 5.75 Å². The van der Waals surface area contributed by atoms with Crippen molar-refractivity contribution in [3.05, 3.63) is 74.0 Å². The Morgan fingerprint density at radius 3 is 2.56 bits per heavy atom. The Labute approximate surface area is 191 Å². The van der Waals surface area contributed by atoms with Gasteiger partial charge in [-0.1, -0.05) is 23.7 Å². The van der Waals surface area contributed by atoms with Crippen LogP contribution in [0.4, 0.5) is 0 Å². The molecule has 0 radical (unpaired) electrons. The van der Waals surface area contributed by atoms with Crippen LogP contribution >= 0.6 is 11.6 Å². The summed E-state index contributed by atoms with van der Waals surface area (Å²) in [5.41, 5.74) is 7.81. The largest absolute Gasteiger partial charge is 0.465 e. The minimum absolute atomic E-state index is 0.0748. The Morgan fingerprint density at radius 2 is 1.91 bits per heavy atom. The minimum Gasteiger partial charge on any atom is -0.465 e. The molecule has 1 aromatic heterocycles. The number of esters is 1. The highest BCUT2D eigenvalue weighted by molar-refractivity contribution is 6.30. The molecule has 1 saturated heterocycles. The van der Waals surface area contributed by atoms with Crippen LogP contribution in [0.1, 0.15) is 22.7 Å². The van der Waals surface area contributed by atoms with E-state index < -0.39 is 11.9 Å². The quantitative estimate of drug-likeness (QED) is 0.683. The lowest BCUT2D eigenvalue weighted by Crippen LogP contribution is -2.40. The second-order valence-electron chi connectivity index (χ2n) is 7.83. The van der Waals surface area contributed by atoms with Gasteiger partial charge in [0.1, 0.15) is 11.3 Å². The molecule has 0 spiro atoms. The molecule has 2 aliphatic heterocycles. The number of ether oxygens (including phenoxy) is 3. The maximum absolute atomic E-state index is 13.7. The fourth-order valence-corrected chi connectivity index (χ4v) is 4.35. The molecule has 9 heteroatoms. The van der Waals surface area contributed by atoms with Gasteiger partial charge in [-0.15, -0.1) is 0 Å². The summed E-state index contributed by atoms with van der Waals surface area (Å²) in [4.78, 5) is 28.6. The number of fused-ring (bicyclic) bond motifs is 1. The molecule has 1 atom stereocenters. The maximum atomic E-state index is 13.7. The SMILES string of the molecule is COC(=O)C1=C(N)Oc2cc(C)n(CCN3CCOCC3)c(=O)c2[C@H]1c1ccc(Cl)cc1. The second-order valence-corrected chi connectivity index (χ2v) is 8.27. The summed E-state index contributed by atoms with van der Waals surface area (Å²) in [5.74, 6) is -1.10. The van der Waals surface area contributed by atoms with Crippen molar-refractivity contribution in [2.45, 2.75) is 19.4 Å². The van der Waals surface area contributed by atoms with Crippen LogP contribution < -0.4 is 16.0 Å². The maximum Gasteiger partial charge on any atom is 0.340 e. The normalized spacial score (nSPS) is 18.8. The number of hydrogen-bond acceptors (Lipinski definition) is 7. The van der Waals surface area contributed by atoms with E-state index in [1.165, 1.54) is 7.11 Å². The fraction of sp³-hybridized carbons (Fsp3) is 0.391. The highest BCUT2D eigenvalue weighted by Gasteiger charge is 2.38. The average molecular weight is 460 g/mol. The Bertz CT molecular complexity index is 1100. The lowest BCUT2D eigenvalue weighted by atomic mass is 9.83. The van der Waals surface area contributed by atoms with Crippen LogP contribution in [-0.2, 0) is 20.8 Å². The summed E-state index contributed by atoms with van der Waals surface area (Å²) in [6, 6.07) is 8.76. The monoisotopic (exact) mass is 459 g/mol. The standard InChI is InChI=1S/C23H26ClN3O5/c1-14-13-17-19(22(28)27(14)8-7-26-9-11-31-12-10-26)18(15-3-5-16(24)6-4-15)20(21(25)32-17)23(29)30-2/h3-6,13,18H,7-12,25H2,1-2H3/t18-/m1/s1. The topological polar surface area (TPSA) is 96.0 Å². The van der Waals surface area contributed by atoms with Gasteiger partial charge in [0.05, 0.1) is 31.8 Å². The van der Waals surface area contributed by atoms with Crippen LogP contribution in [0, 0.1) is 6.92 Å². The summed E-state index contributed by atoms with van der Waals surface area (Å²) in [6.07, 6.45) is 0. The molecule has 0 saturated carbocycles. The lowest BCUT2D eigenvalue weighted by Gasteiger charge is -2.30. The van der Waals surface area contributed by atoms with Gasteiger partial charge in [-0.25, -0.2) is 4.79 Å². The molecule has 0 unspecified atom stereocenters. The van der Waals surface area contributed by atoms with Crippen LogP contribution in [0.2, 0.25) is 5.02 Å². The van der Waals surface area contributed by atoms with E-state index in [2.05, 4.69) is 4.90 Å². The fourth-order valence-electron chi connectivity index (χ4n) is 4.23. The Kier molecular flexibility index (Phi) is 6.55. The van der Waals surface area contributed by atoms with Crippen molar-refractivity contribution in [1.29, 1.82) is 0 Å². The first-order valence-corrected chi connectivity index (χ1v) is 10.8. The molecule has 1 fully saturated rings. The Morgan fingerprint density at radius 1 is 1.22 bits per heavy atom. The van der Waals surface area contributed by atoms with Gasteiger partial charge in [0, 0.05) is 43.0 Å². The number of nitrogens with zero attached hydrogens (tertiary/aromatic N) is 2. The number of morpholine rings is 1. The van der Waals surface area contributed by atoms with Gasteiger partial charge in [-0.2, -0.15) is 0 Å². The van der Waals surface area contributed by atoms with Crippen molar-refractivity contribution in [3.63, 3.8) is 0 Å². The third-order valence-electron chi connectivity index (χ3n) is 5.92. The highest BCUT2D eigenvalue weighted by Crippen LogP contribution is 2.41. The third-order valence-corrected chi connectivity index (χ3v) is 6.17. The van der Waals surface area contributed by atoms with Crippen LogP contribution in [0.25, 0.3) is 0 Å². The molecule has 0 aliphatic carbocycles. The molecule has 0 amide bonds. The first-order valence-electron chi connectivity index (χ1n) is 10.5. The number of halogens is 1. The van der Waals surface area contributed by atoms with Crippen LogP contribution in [0.15, 0.2) is 46.6 Å². The molecule has 3 heterocycles. The van der Waals surface area contributed by atoms with E-state index in [1.54, 1.807) is 34.9 Å². The number of benzene rings is 1. The van der Waals surface area contributed by atoms with Gasteiger partial charge in [0.2, 0.25) is 5.88 Å². The van der Waals surface area contributed by atoms with Crippen LogP contribution in [-0.4, -0.2) is 55.4 Å². The summed E-state index contributed by atoms with van der Waals surface area (Å²) in [5, 5.41) is 0.546. The summed E-state index contributed by atoms with van der Waals surface area (Å²) >= 11 is 6.07. The van der Waals surface area contributed by atoms with Crippen molar-refractivity contribution >= 4 is 17.6 Å². The Hall–Kier alpha value is -2.81. The van der Waals surface area contributed by atoms with E-state index in [0.29, 0.717) is 41.7 Å². The zero-order valence-corrected chi connectivity index (χ0v) is 18.9. The number of pyridine rings is 1. The van der Waals surface area contributed by atoms with Gasteiger partial charge in [0.15, 0.2) is 0 Å². The number of aryl methyl sites for hydroxylation is 1. The predicted molar refractivity (Wildman–Crippen MR) is 120 cm³/mol. The zero-order chi connectivity index (χ0) is 22.8. The molecule has 1 aromatic carbocycles. The molecule has 2 aromatic rings. The summed E-state index contributed by atoms with van der Waals surface area (Å²) in [7, 11) is 1.27. The minimum atomic E-state index is -0.730. The third kappa shape index (κ3) is 4.26. The first-order chi connectivity index (χ1) is 15.4. The summed E-state index contributed by atoms with van der Waals surface area (Å²) < 4.78 is 17.8. The molecule has 0 bridgehead atoms. The van der Waals surface area contributed by atoms with E-state index in [1.807, 2.05) is 6.92 Å². The van der Waals surface area contributed by atoms with Crippen molar-refractivity contribution in [2.75, 3.05) is 40.0 Å². The highest BCUT2D eigenvalue weighted by atomic mass is 35.5. The van der Waals surface area contributed by atoms with E-state index in [-0.39, 0.29) is 17.0 Å². The molecule has 32 heavy (non-hydrogen) atoms. The number of carbonyl (C=O) groups excluding carboxylic acids is 1. The lowest BCUT2D eigenvalue weighted by molar-refractivity contribution is -0.136. The van der Waals surface area contributed by atoms with Gasteiger partial charge < -0.3 is 24.5 Å².